The molecule has 3 aromatic heterocycles. The Hall–Kier alpha value is -6.91. The number of carboxylic acids is 3. The summed E-state index contributed by atoms with van der Waals surface area (Å²) in [5, 5.41) is 29.2. The third kappa shape index (κ3) is 11.8. The maximum atomic E-state index is 12.7. The van der Waals surface area contributed by atoms with Crippen LogP contribution in [0.25, 0.3) is 30.3 Å². The quantitative estimate of drug-likeness (QED) is 0.0876. The number of hydrogen-bond donors (Lipinski definition) is 3. The van der Waals surface area contributed by atoms with Crippen LogP contribution < -0.4 is 14.2 Å². The van der Waals surface area contributed by atoms with Crippen molar-refractivity contribution >= 4 is 111 Å². The largest absolute Gasteiger partial charge is 0.480 e. The van der Waals surface area contributed by atoms with Crippen LogP contribution in [0.1, 0.15) is 60.9 Å². The maximum absolute atomic E-state index is 12.7. The molecule has 0 unspecified atom stereocenters. The predicted octanol–water partition coefficient (Wildman–Crippen LogP) is 11.4. The number of ether oxygens (including phenoxy) is 3. The monoisotopic (exact) mass is 950 g/mol. The second kappa shape index (κ2) is 21.2. The smallest absolute Gasteiger partial charge is 0.341 e. The summed E-state index contributed by atoms with van der Waals surface area (Å²) in [5.74, 6) is -2.62. The van der Waals surface area contributed by atoms with Crippen molar-refractivity contribution in [2.45, 2.75) is 20.8 Å². The molecule has 0 aliphatic carbocycles. The summed E-state index contributed by atoms with van der Waals surface area (Å²) in [6, 6.07) is 37.6. The van der Waals surface area contributed by atoms with E-state index in [0.717, 1.165) is 30.3 Å². The lowest BCUT2D eigenvalue weighted by molar-refractivity contribution is -0.140. The first-order chi connectivity index (χ1) is 31.0. The van der Waals surface area contributed by atoms with Crippen LogP contribution in [-0.4, -0.2) is 70.4 Å². The van der Waals surface area contributed by atoms with E-state index in [9.17, 15) is 28.8 Å². The molecule has 0 spiro atoms. The van der Waals surface area contributed by atoms with Crippen LogP contribution in [0.3, 0.4) is 0 Å². The van der Waals surface area contributed by atoms with Crippen molar-refractivity contribution in [2.24, 2.45) is 5.41 Å². The van der Waals surface area contributed by atoms with Gasteiger partial charge < -0.3 is 29.5 Å². The molecule has 0 saturated carbocycles. The van der Waals surface area contributed by atoms with Gasteiger partial charge in [-0.3, -0.25) is 14.4 Å². The second-order valence-electron chi connectivity index (χ2n) is 14.9. The van der Waals surface area contributed by atoms with Crippen LogP contribution in [0.15, 0.2) is 127 Å². The van der Waals surface area contributed by atoms with Crippen LogP contribution in [0.5, 0.6) is 17.2 Å². The molecule has 65 heavy (non-hydrogen) atoms. The first-order valence-corrected chi connectivity index (χ1v) is 22.4. The summed E-state index contributed by atoms with van der Waals surface area (Å²) in [4.78, 5) is 71.5. The van der Waals surface area contributed by atoms with Gasteiger partial charge in [0, 0.05) is 51.8 Å². The Morgan fingerprint density at radius 2 is 0.785 bits per heavy atom. The molecular formula is C49H39ClO12S3. The number of fused-ring (bicyclic) bond motifs is 3. The number of carboxylic acid groups (broad SMARTS) is 3. The summed E-state index contributed by atoms with van der Waals surface area (Å²) < 4.78 is 18.8. The minimum Gasteiger partial charge on any atom is -0.480 e. The SMILES string of the molecule is CC(C)(C)C(=O)c1sc2ccccc2c1OCC(=O)O.O=C(O)COc1c(C(=O)c2ccc(Cl)cc2)sc2ccccc12.O=C(O)COc1c(C(=O)c2ccccc2)sc2ccccc12. The molecule has 0 bridgehead atoms. The second-order valence-corrected chi connectivity index (χ2v) is 18.5. The lowest BCUT2D eigenvalue weighted by Crippen LogP contribution is -2.20. The summed E-state index contributed by atoms with van der Waals surface area (Å²) >= 11 is 9.78. The van der Waals surface area contributed by atoms with Crippen LogP contribution >= 0.6 is 45.6 Å². The van der Waals surface area contributed by atoms with Gasteiger partial charge in [-0.1, -0.05) is 99.1 Å². The van der Waals surface area contributed by atoms with Gasteiger partial charge in [0.25, 0.3) is 0 Å². The summed E-state index contributed by atoms with van der Waals surface area (Å²) in [6.45, 7) is 4.07. The fourth-order valence-corrected chi connectivity index (χ4v) is 9.78. The number of carbonyl (C=O) groups excluding carboxylic acids is 3. The molecule has 8 rings (SSSR count). The van der Waals surface area contributed by atoms with Crippen LogP contribution in [0, 0.1) is 5.41 Å². The number of carbonyl (C=O) groups is 6. The van der Waals surface area contributed by atoms with Gasteiger partial charge in [0.1, 0.15) is 31.9 Å². The molecule has 0 aliphatic heterocycles. The number of Topliss-reactive ketones (excluding diaryl/α,β-unsaturated/α-hetero) is 1. The van der Waals surface area contributed by atoms with Gasteiger partial charge in [-0.2, -0.15) is 0 Å². The highest BCUT2D eigenvalue weighted by molar-refractivity contribution is 7.22. The number of hydrogen-bond acceptors (Lipinski definition) is 12. The van der Waals surface area contributed by atoms with Gasteiger partial charge in [-0.05, 0) is 60.7 Å². The van der Waals surface area contributed by atoms with E-state index in [-0.39, 0.29) is 17.3 Å². The van der Waals surface area contributed by atoms with Gasteiger partial charge in [0.2, 0.25) is 11.6 Å². The van der Waals surface area contributed by atoms with E-state index < -0.39 is 43.1 Å². The zero-order valence-electron chi connectivity index (χ0n) is 34.9. The van der Waals surface area contributed by atoms with E-state index in [1.165, 1.54) is 34.0 Å². The first-order valence-electron chi connectivity index (χ1n) is 19.6. The molecule has 0 amide bonds. The number of thiophene rings is 3. The number of benzene rings is 5. The fraction of sp³-hybridized carbons (Fsp3) is 0.143. The number of halogens is 1. The van der Waals surface area contributed by atoms with E-state index in [1.807, 2.05) is 99.6 Å². The van der Waals surface area contributed by atoms with Gasteiger partial charge in [0.15, 0.2) is 25.6 Å². The van der Waals surface area contributed by atoms with Crippen molar-refractivity contribution in [3.63, 3.8) is 0 Å². The predicted molar refractivity (Wildman–Crippen MR) is 253 cm³/mol. The summed E-state index contributed by atoms with van der Waals surface area (Å²) in [5.41, 5.74) is 0.484. The van der Waals surface area contributed by atoms with E-state index in [2.05, 4.69) is 0 Å². The molecule has 0 saturated heterocycles. The highest BCUT2D eigenvalue weighted by atomic mass is 35.5. The van der Waals surface area contributed by atoms with Gasteiger partial charge >= 0.3 is 17.9 Å². The van der Waals surface area contributed by atoms with Crippen LogP contribution in [-0.2, 0) is 14.4 Å². The van der Waals surface area contributed by atoms with E-state index >= 15 is 0 Å². The summed E-state index contributed by atoms with van der Waals surface area (Å²) in [7, 11) is 0. The molecule has 12 nitrogen and oxygen atoms in total. The van der Waals surface area contributed by atoms with Gasteiger partial charge in [-0.25, -0.2) is 14.4 Å². The minimum absolute atomic E-state index is 0.0425. The number of aliphatic carboxylic acids is 3. The van der Waals surface area contributed by atoms with Crippen LogP contribution in [0.2, 0.25) is 5.02 Å². The highest BCUT2D eigenvalue weighted by Gasteiger charge is 2.29. The lowest BCUT2D eigenvalue weighted by atomic mass is 9.89. The molecule has 0 aliphatic rings. The molecule has 3 N–H and O–H groups in total. The third-order valence-corrected chi connectivity index (χ3v) is 12.8. The van der Waals surface area contributed by atoms with Crippen molar-refractivity contribution in [3.8, 4) is 17.2 Å². The topological polar surface area (TPSA) is 191 Å². The summed E-state index contributed by atoms with van der Waals surface area (Å²) in [6.07, 6.45) is 0. The first kappa shape index (κ1) is 47.6. The number of ketones is 3. The molecule has 332 valence electrons. The van der Waals surface area contributed by atoms with Gasteiger partial charge in [0.05, 0.1) is 0 Å². The molecule has 3 heterocycles. The Bertz CT molecular complexity index is 3030. The molecule has 5 aromatic carbocycles. The standard InChI is InChI=1S/C17H11ClO4S.C17H12O4S.C15H16O4S/c18-11-7-5-10(6-8-11)15(21)17-16(22-9-14(19)20)12-3-1-2-4-13(12)23-17;18-14(19)10-21-16-12-8-4-5-9-13(12)22-17(16)15(20)11-6-2-1-3-7-11;1-15(2,3)14(18)13-12(19-8-11(16)17)9-6-4-5-7-10(9)20-13/h1-8H,9H2,(H,19,20);1-9H,10H2,(H,18,19);4-7H,8H2,1-3H3,(H,16,17). The Balaban J connectivity index is 0.000000162. The van der Waals surface area contributed by atoms with Crippen molar-refractivity contribution in [1.82, 2.24) is 0 Å². The molecule has 0 atom stereocenters. The zero-order valence-corrected chi connectivity index (χ0v) is 38.1. The van der Waals surface area contributed by atoms with Crippen molar-refractivity contribution in [1.29, 1.82) is 0 Å². The Kier molecular flexibility index (Phi) is 15.5. The third-order valence-electron chi connectivity index (χ3n) is 9.11. The van der Waals surface area contributed by atoms with E-state index in [1.54, 1.807) is 48.5 Å². The highest BCUT2D eigenvalue weighted by Crippen LogP contribution is 2.42. The Morgan fingerprint density at radius 3 is 1.15 bits per heavy atom. The Morgan fingerprint density at radius 1 is 0.462 bits per heavy atom. The molecule has 0 fully saturated rings. The lowest BCUT2D eigenvalue weighted by Gasteiger charge is -2.16. The average Bonchev–Trinajstić information content (AvgIpc) is 3.98. The van der Waals surface area contributed by atoms with Crippen molar-refractivity contribution in [3.05, 3.63) is 158 Å². The van der Waals surface area contributed by atoms with E-state index in [0.29, 0.717) is 48.0 Å². The average molecular weight is 951 g/mol. The molecule has 0 radical (unpaired) electrons. The number of rotatable bonds is 14. The van der Waals surface area contributed by atoms with Crippen molar-refractivity contribution < 1.29 is 58.3 Å². The Labute approximate surface area is 388 Å². The van der Waals surface area contributed by atoms with Crippen molar-refractivity contribution in [2.75, 3.05) is 19.8 Å². The van der Waals surface area contributed by atoms with Gasteiger partial charge in [-0.15, -0.1) is 34.0 Å². The molecule has 8 aromatic rings. The molecule has 16 heteroatoms. The van der Waals surface area contributed by atoms with Crippen LogP contribution in [0.4, 0.5) is 0 Å². The maximum Gasteiger partial charge on any atom is 0.341 e. The van der Waals surface area contributed by atoms with E-state index in [4.69, 9.17) is 41.1 Å². The normalized spacial score (nSPS) is 10.9. The fourth-order valence-electron chi connectivity index (χ4n) is 6.14. The minimum atomic E-state index is -1.09. The zero-order chi connectivity index (χ0) is 46.8. The molecular weight excluding hydrogens is 912 g/mol.